The molecule has 6 atom stereocenters. The minimum absolute atomic E-state index is 0.150. The second-order valence-corrected chi connectivity index (χ2v) is 19.6. The van der Waals surface area contributed by atoms with Crippen LogP contribution in [0.1, 0.15) is 51.6 Å². The summed E-state index contributed by atoms with van der Waals surface area (Å²) in [5.74, 6) is -0.0236. The number of thiocarbonyl (C=S) groups is 1. The summed E-state index contributed by atoms with van der Waals surface area (Å²) in [5.41, 5.74) is 1.54. The molecule has 23 heteroatoms. The minimum atomic E-state index is -4.36. The van der Waals surface area contributed by atoms with Crippen LogP contribution in [0.5, 0.6) is 5.75 Å². The van der Waals surface area contributed by atoms with Gasteiger partial charge < -0.3 is 64.2 Å². The van der Waals surface area contributed by atoms with Gasteiger partial charge in [-0.05, 0) is 68.6 Å². The van der Waals surface area contributed by atoms with Crippen molar-refractivity contribution >= 4 is 54.2 Å². The van der Waals surface area contributed by atoms with Crippen molar-refractivity contribution in [3.05, 3.63) is 48.8 Å². The molecule has 2 fully saturated rings. The number of benzene rings is 1. The highest BCUT2D eigenvalue weighted by Crippen LogP contribution is 2.38. The molecule has 0 bridgehead atoms. The number of aromatic nitrogens is 3. The van der Waals surface area contributed by atoms with Crippen molar-refractivity contribution in [1.82, 2.24) is 25.2 Å². The number of carbonyl (C=O) groups excluding carboxylic acids is 2. The van der Waals surface area contributed by atoms with Gasteiger partial charge in [-0.3, -0.25) is 19.1 Å². The van der Waals surface area contributed by atoms with E-state index < -0.39 is 44.5 Å². The fourth-order valence-electron chi connectivity index (χ4n) is 6.51. The molecule has 2 saturated heterocycles. The van der Waals surface area contributed by atoms with Crippen LogP contribution in [-0.2, 0) is 50.8 Å². The number of nitrogens with zero attached hydrogens (tertiary/aromatic N) is 4. The summed E-state index contributed by atoms with van der Waals surface area (Å²) in [6.45, 7) is 12.4. The van der Waals surface area contributed by atoms with Gasteiger partial charge in [0.1, 0.15) is 24.1 Å². The van der Waals surface area contributed by atoms with Crippen LogP contribution < -0.4 is 15.4 Å². The number of carbonyl (C=O) groups is 2. The molecule has 63 heavy (non-hydrogen) atoms. The summed E-state index contributed by atoms with van der Waals surface area (Å²) in [4.78, 5) is 44.7. The predicted molar refractivity (Wildman–Crippen MR) is 237 cm³/mol. The Hall–Kier alpha value is -3.09. The minimum Gasteiger partial charge on any atom is -0.462 e. The van der Waals surface area contributed by atoms with Crippen LogP contribution in [0.15, 0.2) is 43.1 Å². The van der Waals surface area contributed by atoms with Crippen LogP contribution in [-0.4, -0.2) is 175 Å². The summed E-state index contributed by atoms with van der Waals surface area (Å²) in [7, 11) is -4.36. The second-order valence-electron chi connectivity index (χ2n) is 15.5. The van der Waals surface area contributed by atoms with E-state index in [1.165, 1.54) is 16.7 Å². The number of anilines is 1. The number of rotatable bonds is 30. The van der Waals surface area contributed by atoms with Crippen LogP contribution in [0, 0.1) is 0 Å². The van der Waals surface area contributed by atoms with Gasteiger partial charge in [-0.1, -0.05) is 25.1 Å². The number of thioether (sulfide) groups is 1. The number of aliphatic hydroxyl groups excluding tert-OH is 3. The highest BCUT2D eigenvalue weighted by atomic mass is 32.2. The molecule has 3 heterocycles. The Morgan fingerprint density at radius 3 is 2.24 bits per heavy atom. The molecule has 7 N–H and O–H groups in total. The van der Waals surface area contributed by atoms with Gasteiger partial charge in [0.25, 0.3) is 0 Å². The van der Waals surface area contributed by atoms with Crippen LogP contribution in [0.3, 0.4) is 0 Å². The van der Waals surface area contributed by atoms with Gasteiger partial charge >= 0.3 is 7.60 Å². The zero-order valence-electron chi connectivity index (χ0n) is 35.8. The molecular formula is C40H63N6O14PS2. The smallest absolute Gasteiger partial charge is 0.325 e. The molecule has 0 saturated carbocycles. The lowest BCUT2D eigenvalue weighted by atomic mass is 9.97. The number of amides is 2. The fraction of sp³-hybridized carbons (Fsp3) is 0.675. The number of aryl methyl sites for hydroxylation is 1. The Labute approximate surface area is 377 Å². The number of allylic oxidation sites excluding steroid dienone is 1. The van der Waals surface area contributed by atoms with E-state index in [1.54, 1.807) is 28.9 Å². The number of hydrogen-bond donors (Lipinski definition) is 7. The molecule has 2 amide bonds. The first-order chi connectivity index (χ1) is 30.0. The quantitative estimate of drug-likeness (QED) is 0.0193. The molecule has 2 aromatic rings. The molecule has 2 aliphatic heterocycles. The van der Waals surface area contributed by atoms with Crippen molar-refractivity contribution in [2.45, 2.75) is 99.6 Å². The molecule has 0 spiro atoms. The van der Waals surface area contributed by atoms with Gasteiger partial charge in [-0.15, -0.1) is 23.4 Å². The second kappa shape index (κ2) is 26.8. The van der Waals surface area contributed by atoms with Crippen LogP contribution >= 0.6 is 31.6 Å². The Bertz CT molecular complexity index is 1770. The maximum Gasteiger partial charge on any atom is 0.325 e. The Balaban J connectivity index is 0.951. The first-order valence-electron chi connectivity index (χ1n) is 20.9. The zero-order valence-corrected chi connectivity index (χ0v) is 38.4. The molecule has 0 radical (unpaired) electrons. The summed E-state index contributed by atoms with van der Waals surface area (Å²) in [6, 6.07) is 6.55. The molecule has 2 aliphatic rings. The monoisotopic (exact) mass is 946 g/mol. The molecule has 1 unspecified atom stereocenters. The van der Waals surface area contributed by atoms with E-state index in [9.17, 15) is 29.5 Å². The van der Waals surface area contributed by atoms with Gasteiger partial charge in [0, 0.05) is 29.6 Å². The molecular weight excluding hydrogens is 884 g/mol. The Morgan fingerprint density at radius 1 is 0.968 bits per heavy atom. The topological polar surface area (TPSA) is 266 Å². The summed E-state index contributed by atoms with van der Waals surface area (Å²) < 4.78 is 46.3. The lowest BCUT2D eigenvalue weighted by Crippen LogP contribution is -2.59. The maximum atomic E-state index is 12.7. The first-order valence-corrected chi connectivity index (χ1v) is 24.0. The van der Waals surface area contributed by atoms with Crippen molar-refractivity contribution < 1.29 is 67.7 Å². The van der Waals surface area contributed by atoms with E-state index >= 15 is 0 Å². The lowest BCUT2D eigenvalue weighted by molar-refractivity contribution is -0.272. The third-order valence-electron chi connectivity index (χ3n) is 9.81. The molecule has 20 nitrogen and oxygen atoms in total. The number of imide groups is 1. The van der Waals surface area contributed by atoms with E-state index in [2.05, 4.69) is 27.5 Å². The van der Waals surface area contributed by atoms with Crippen molar-refractivity contribution in [3.8, 4) is 5.75 Å². The first kappa shape index (κ1) is 52.5. The number of hydrogen-bond acceptors (Lipinski definition) is 16. The lowest BCUT2D eigenvalue weighted by Gasteiger charge is -2.40. The van der Waals surface area contributed by atoms with Crippen molar-refractivity contribution in [2.24, 2.45) is 0 Å². The van der Waals surface area contributed by atoms with Gasteiger partial charge in [0.15, 0.2) is 5.11 Å². The zero-order chi connectivity index (χ0) is 45.8. The molecule has 354 valence electrons. The predicted octanol–water partition coefficient (Wildman–Crippen LogP) is 1.62. The Kier molecular flexibility index (Phi) is 22.3. The molecule has 1 aromatic carbocycles. The third kappa shape index (κ3) is 19.1. The van der Waals surface area contributed by atoms with E-state index in [1.807, 2.05) is 26.1 Å². The van der Waals surface area contributed by atoms with Crippen LogP contribution in [0.25, 0.3) is 0 Å². The highest BCUT2D eigenvalue weighted by Gasteiger charge is 2.45. The van der Waals surface area contributed by atoms with Crippen LogP contribution in [0.4, 0.5) is 5.69 Å². The average Bonchev–Trinajstić information content (AvgIpc) is 3.79. The van der Waals surface area contributed by atoms with Crippen molar-refractivity contribution in [1.29, 1.82) is 0 Å². The van der Waals surface area contributed by atoms with Crippen molar-refractivity contribution in [2.75, 3.05) is 77.4 Å². The largest absolute Gasteiger partial charge is 0.462 e. The number of likely N-dealkylation sites (tertiary alicyclic amines) is 1. The molecule has 0 aliphatic carbocycles. The SMILES string of the molecule is C=CCC(C)(C)SC1CC(=O)N(CCOCCOCCOCCOCCn2cc(CCCCNC(=S)Nc3ccc(O[C@H]4O[C@H](CCP(=O)(O)O)[C@@H](O)[C@H](O)[C@@H]4O)cc3)nn2)C1=O. The van der Waals surface area contributed by atoms with Gasteiger partial charge in [0.05, 0.1) is 89.2 Å². The number of ether oxygens (including phenoxy) is 6. The van der Waals surface area contributed by atoms with Gasteiger partial charge in [-0.25, -0.2) is 4.68 Å². The summed E-state index contributed by atoms with van der Waals surface area (Å²) >= 11 is 6.93. The van der Waals surface area contributed by atoms with Crippen LogP contribution in [0.2, 0.25) is 0 Å². The normalized spacial score (nSPS) is 21.8. The third-order valence-corrected chi connectivity index (χ3v) is 12.4. The van der Waals surface area contributed by atoms with Crippen molar-refractivity contribution in [3.63, 3.8) is 0 Å². The average molecular weight is 947 g/mol. The summed E-state index contributed by atoms with van der Waals surface area (Å²) in [6.07, 6.45) is -0.927. The summed E-state index contributed by atoms with van der Waals surface area (Å²) in [5, 5.41) is 45.4. The highest BCUT2D eigenvalue weighted by molar-refractivity contribution is 8.02. The Morgan fingerprint density at radius 2 is 1.60 bits per heavy atom. The number of unbranched alkanes of at least 4 members (excludes halogenated alkanes) is 1. The van der Waals surface area contributed by atoms with E-state index in [4.69, 9.17) is 50.4 Å². The fourth-order valence-corrected chi connectivity index (χ4v) is 8.75. The van der Waals surface area contributed by atoms with Gasteiger partial charge in [-0.2, -0.15) is 0 Å². The number of aliphatic hydroxyl groups is 3. The van der Waals surface area contributed by atoms with E-state index in [0.717, 1.165) is 31.4 Å². The molecule has 1 aromatic heterocycles. The maximum absolute atomic E-state index is 12.7. The number of nitrogens with one attached hydrogen (secondary N) is 2. The van der Waals surface area contributed by atoms with Gasteiger partial charge in [0.2, 0.25) is 18.1 Å². The standard InChI is InChI=1S/C40H63N6O14PS2/c1-4-13-40(2,3)63-32-26-33(47)46(37(32)51)16-18-56-20-22-58-24-23-57-21-19-55-17-15-45-27-29(43-44-45)7-5-6-14-41-39(62)42-28-8-10-30(11-9-28)59-38-36(50)35(49)34(48)31(60-38)12-25-61(52,53)54/h4,8-11,27,31-32,34-36,38,48-50H,1,5-7,12-26H2,2-3H3,(H2,41,42,62)(H2,52,53,54)/t31-,32?,34-,35+,36+,38+/m1/s1. The van der Waals surface area contributed by atoms with E-state index in [-0.39, 0.29) is 53.6 Å². The molecule has 4 rings (SSSR count). The van der Waals surface area contributed by atoms with E-state index in [0.29, 0.717) is 70.1 Å².